The van der Waals surface area contributed by atoms with Gasteiger partial charge in [0.1, 0.15) is 5.65 Å². The van der Waals surface area contributed by atoms with Crippen molar-refractivity contribution in [3.8, 4) is 0 Å². The zero-order valence-corrected chi connectivity index (χ0v) is 14.5. The summed E-state index contributed by atoms with van der Waals surface area (Å²) in [6.45, 7) is 10.5. The number of nitrogens with zero attached hydrogens (tertiary/aromatic N) is 3. The molecule has 1 aliphatic rings. The number of fused-ring (bicyclic) bond motifs is 1. The molecule has 124 valence electrons. The Balaban J connectivity index is 1.72. The number of hydrogen-bond donors (Lipinski definition) is 1. The highest BCUT2D eigenvalue weighted by atomic mass is 16.1. The summed E-state index contributed by atoms with van der Waals surface area (Å²) in [4.78, 5) is 19.7. The number of carbonyl (C=O) groups excluding carboxylic acids is 1. The number of likely N-dealkylation sites (tertiary alicyclic amines) is 1. The van der Waals surface area contributed by atoms with Crippen molar-refractivity contribution in [3.05, 3.63) is 35.3 Å². The first-order valence-electron chi connectivity index (χ1n) is 8.46. The zero-order valence-electron chi connectivity index (χ0n) is 14.5. The fraction of sp³-hybridized carbons (Fsp3) is 0.556. The second-order valence-electron chi connectivity index (χ2n) is 6.84. The number of piperidine rings is 1. The Morgan fingerprint density at radius 2 is 2.00 bits per heavy atom. The molecular formula is C18H26N4O. The van der Waals surface area contributed by atoms with Crippen molar-refractivity contribution < 1.29 is 4.79 Å². The summed E-state index contributed by atoms with van der Waals surface area (Å²) in [5.74, 6) is -0.00648. The third-order valence-corrected chi connectivity index (χ3v) is 4.78. The van der Waals surface area contributed by atoms with Gasteiger partial charge in [-0.25, -0.2) is 4.98 Å². The second kappa shape index (κ2) is 6.32. The number of rotatable bonds is 3. The first-order valence-corrected chi connectivity index (χ1v) is 8.46. The lowest BCUT2D eigenvalue weighted by molar-refractivity contribution is 0.0902. The van der Waals surface area contributed by atoms with E-state index in [1.807, 2.05) is 36.6 Å². The van der Waals surface area contributed by atoms with Crippen molar-refractivity contribution in [2.75, 3.05) is 13.1 Å². The molecule has 0 spiro atoms. The van der Waals surface area contributed by atoms with Crippen LogP contribution < -0.4 is 5.32 Å². The molecule has 0 radical (unpaired) electrons. The van der Waals surface area contributed by atoms with Gasteiger partial charge in [-0.2, -0.15) is 0 Å². The molecule has 0 saturated carbocycles. The number of hydrogen-bond acceptors (Lipinski definition) is 3. The summed E-state index contributed by atoms with van der Waals surface area (Å²) < 4.78 is 1.98. The summed E-state index contributed by atoms with van der Waals surface area (Å²) in [6.07, 6.45) is 3.95. The molecule has 1 fully saturated rings. The Morgan fingerprint density at radius 1 is 1.30 bits per heavy atom. The van der Waals surface area contributed by atoms with E-state index in [-0.39, 0.29) is 11.9 Å². The Kier molecular flexibility index (Phi) is 4.39. The maximum atomic E-state index is 12.6. The minimum absolute atomic E-state index is 0.00648. The number of nitrogens with one attached hydrogen (secondary N) is 1. The minimum atomic E-state index is -0.00648. The number of aromatic nitrogens is 2. The SMILES string of the molecule is Cc1cc(C)n2ccc(C(=O)NC3CCN(C(C)C)CC3)c2n1. The van der Waals surface area contributed by atoms with Crippen LogP contribution in [0, 0.1) is 13.8 Å². The molecule has 2 aromatic rings. The molecule has 0 atom stereocenters. The molecular weight excluding hydrogens is 288 g/mol. The first-order chi connectivity index (χ1) is 11.0. The van der Waals surface area contributed by atoms with Gasteiger partial charge in [-0.05, 0) is 52.7 Å². The van der Waals surface area contributed by atoms with Gasteiger partial charge in [0.15, 0.2) is 0 Å². The highest BCUT2D eigenvalue weighted by Crippen LogP contribution is 2.17. The predicted octanol–water partition coefficient (Wildman–Crippen LogP) is 2.55. The normalized spacial score (nSPS) is 17.1. The van der Waals surface area contributed by atoms with E-state index < -0.39 is 0 Å². The summed E-state index contributed by atoms with van der Waals surface area (Å²) in [5.41, 5.74) is 3.45. The number of carbonyl (C=O) groups is 1. The highest BCUT2D eigenvalue weighted by Gasteiger charge is 2.23. The molecule has 3 rings (SSSR count). The molecule has 0 unspecified atom stereocenters. The van der Waals surface area contributed by atoms with E-state index in [1.165, 1.54) is 0 Å². The van der Waals surface area contributed by atoms with Crippen molar-refractivity contribution in [2.24, 2.45) is 0 Å². The van der Waals surface area contributed by atoms with E-state index in [4.69, 9.17) is 0 Å². The van der Waals surface area contributed by atoms with Crippen molar-refractivity contribution in [1.82, 2.24) is 19.6 Å². The van der Waals surface area contributed by atoms with Gasteiger partial charge in [0.25, 0.3) is 5.91 Å². The van der Waals surface area contributed by atoms with E-state index in [9.17, 15) is 4.79 Å². The van der Waals surface area contributed by atoms with E-state index >= 15 is 0 Å². The average Bonchev–Trinajstić information content (AvgIpc) is 2.91. The molecule has 1 saturated heterocycles. The molecule has 5 nitrogen and oxygen atoms in total. The minimum Gasteiger partial charge on any atom is -0.349 e. The highest BCUT2D eigenvalue weighted by molar-refractivity contribution is 6.00. The van der Waals surface area contributed by atoms with Crippen molar-refractivity contribution in [2.45, 2.75) is 52.6 Å². The summed E-state index contributed by atoms with van der Waals surface area (Å²) in [6, 6.07) is 4.74. The van der Waals surface area contributed by atoms with Crippen LogP contribution in [0.5, 0.6) is 0 Å². The van der Waals surface area contributed by atoms with Gasteiger partial charge in [0, 0.05) is 42.8 Å². The molecule has 0 aliphatic carbocycles. The lowest BCUT2D eigenvalue weighted by Crippen LogP contribution is -2.46. The van der Waals surface area contributed by atoms with Gasteiger partial charge in [-0.3, -0.25) is 4.79 Å². The first kappa shape index (κ1) is 16.0. The fourth-order valence-corrected chi connectivity index (χ4v) is 3.39. The molecule has 2 aromatic heterocycles. The quantitative estimate of drug-likeness (QED) is 0.947. The van der Waals surface area contributed by atoms with Gasteiger partial charge in [0.05, 0.1) is 5.56 Å². The van der Waals surface area contributed by atoms with Crippen molar-refractivity contribution >= 4 is 11.6 Å². The van der Waals surface area contributed by atoms with Gasteiger partial charge < -0.3 is 14.6 Å². The summed E-state index contributed by atoms with van der Waals surface area (Å²) in [7, 11) is 0. The van der Waals surface area contributed by atoms with Crippen LogP contribution >= 0.6 is 0 Å². The fourth-order valence-electron chi connectivity index (χ4n) is 3.39. The van der Waals surface area contributed by atoms with Crippen LogP contribution in [-0.4, -0.2) is 45.4 Å². The van der Waals surface area contributed by atoms with E-state index in [0.29, 0.717) is 11.6 Å². The molecule has 0 bridgehead atoms. The molecule has 3 heterocycles. The predicted molar refractivity (Wildman–Crippen MR) is 91.9 cm³/mol. The van der Waals surface area contributed by atoms with Crippen LogP contribution in [0.1, 0.15) is 48.4 Å². The molecule has 1 aliphatic heterocycles. The van der Waals surface area contributed by atoms with Crippen molar-refractivity contribution in [3.63, 3.8) is 0 Å². The molecule has 5 heteroatoms. The number of amides is 1. The van der Waals surface area contributed by atoms with Crippen LogP contribution in [0.4, 0.5) is 0 Å². The average molecular weight is 314 g/mol. The van der Waals surface area contributed by atoms with Crippen LogP contribution in [0.15, 0.2) is 18.3 Å². The largest absolute Gasteiger partial charge is 0.349 e. The maximum absolute atomic E-state index is 12.6. The summed E-state index contributed by atoms with van der Waals surface area (Å²) >= 11 is 0. The lowest BCUT2D eigenvalue weighted by Gasteiger charge is -2.34. The van der Waals surface area contributed by atoms with Gasteiger partial charge in [-0.1, -0.05) is 0 Å². The van der Waals surface area contributed by atoms with Gasteiger partial charge in [0.2, 0.25) is 0 Å². The number of aryl methyl sites for hydroxylation is 2. The second-order valence-corrected chi connectivity index (χ2v) is 6.84. The smallest absolute Gasteiger partial charge is 0.255 e. The molecule has 1 amide bonds. The van der Waals surface area contributed by atoms with E-state index in [2.05, 4.69) is 29.0 Å². The van der Waals surface area contributed by atoms with Crippen molar-refractivity contribution in [1.29, 1.82) is 0 Å². The Bertz CT molecular complexity index is 711. The third-order valence-electron chi connectivity index (χ3n) is 4.78. The molecule has 1 N–H and O–H groups in total. The monoisotopic (exact) mass is 314 g/mol. The maximum Gasteiger partial charge on any atom is 0.255 e. The third kappa shape index (κ3) is 3.24. The van der Waals surface area contributed by atoms with Crippen LogP contribution in [0.3, 0.4) is 0 Å². The standard InChI is InChI=1S/C18H26N4O/c1-12(2)21-8-5-15(6-9-21)20-18(23)16-7-10-22-14(4)11-13(3)19-17(16)22/h7,10-12,15H,5-6,8-9H2,1-4H3,(H,20,23). The van der Waals surface area contributed by atoms with Crippen LogP contribution in [0.2, 0.25) is 0 Å². The molecule has 0 aromatic carbocycles. The molecule has 23 heavy (non-hydrogen) atoms. The Labute approximate surface area is 137 Å². The Morgan fingerprint density at radius 3 is 2.65 bits per heavy atom. The van der Waals surface area contributed by atoms with Crippen LogP contribution in [0.25, 0.3) is 5.65 Å². The van der Waals surface area contributed by atoms with Crippen LogP contribution in [-0.2, 0) is 0 Å². The Hall–Kier alpha value is -1.88. The van der Waals surface area contributed by atoms with Gasteiger partial charge >= 0.3 is 0 Å². The summed E-state index contributed by atoms with van der Waals surface area (Å²) in [5, 5.41) is 3.19. The lowest BCUT2D eigenvalue weighted by atomic mass is 10.0. The van der Waals surface area contributed by atoms with Gasteiger partial charge in [-0.15, -0.1) is 0 Å². The topological polar surface area (TPSA) is 49.6 Å². The van der Waals surface area contributed by atoms with E-state index in [1.54, 1.807) is 0 Å². The zero-order chi connectivity index (χ0) is 16.6. The van der Waals surface area contributed by atoms with E-state index in [0.717, 1.165) is 43.0 Å².